The SMILES string of the molecule is C=C1C[C@@H]2CC[C@@]34C[C@H]5OC6[C@@H](O[C@H]7CC[C@H](CC(=O)O[C@@H]8[C@@H](C)[C@@H]9O[C@@H]%10C[C@]%11(C[C@@H]%12O[C@]%13(CC[C@@H]%14O[C@H]([C@@H](O)C[C@@H](O)CO)C[C@@H]%14O%13)C[C@H](C)[C@@H]%12O%11)O[C@@H]%10C[C@@H]9O[C@H]8C[C@H]8O[C@@H](CC[C@@H]1O2)C[C@@H](C)C8=C)O[C@@H]7[C@@H]6O3)[C@H]5O4.C=C1C[C@@H]2CC[C@@]34C[C@H]5OC6[C@@H](O[C@H]7CC[C@H](CC(=O)O[C@H]8[C@H](C[C@H]9O[C@@H](CC[C@@H]1O2)C[C@@H](C)C9=C)OC(C[C@H](O)CS(C)(=O)=O)[C@@H]8OC)O[C@@H]7[C@@H]6O3)[C@H]5O4.C=C1C[C@H](CCCC)O[C@H]1CCC=O.NO. The van der Waals surface area contributed by atoms with Crippen molar-refractivity contribution in [2.75, 3.05) is 25.7 Å². The number of aliphatic hydroxyl groups excluding tert-OH is 4. The fraction of sp³-hybridized carbons (Fsp3) is 0.883. The zero-order chi connectivity index (χ0) is 104. The molecule has 0 saturated carbocycles. The van der Waals surface area contributed by atoms with Gasteiger partial charge in [-0.2, -0.15) is 0 Å². The number of aliphatic hydroxyl groups is 4. The summed E-state index contributed by atoms with van der Waals surface area (Å²) in [5.41, 5.74) is 5.36. The summed E-state index contributed by atoms with van der Waals surface area (Å²) in [6.07, 6.45) is 11.3. The number of ether oxygens (including phenoxy) is 26. The van der Waals surface area contributed by atoms with Crippen LogP contribution >= 0.6 is 0 Å². The molecule has 0 aromatic carbocycles. The Kier molecular flexibility index (Phi) is 32.7. The van der Waals surface area contributed by atoms with E-state index in [4.69, 9.17) is 128 Å². The highest BCUT2D eigenvalue weighted by Gasteiger charge is 2.73. The normalized spacial score (nSPS) is 50.9. The maximum absolute atomic E-state index is 14.6. The zero-order valence-electron chi connectivity index (χ0n) is 87.8. The van der Waals surface area contributed by atoms with Crippen molar-refractivity contribution in [3.63, 3.8) is 0 Å². The van der Waals surface area contributed by atoms with E-state index >= 15 is 0 Å². The minimum Gasteiger partial charge on any atom is -0.459 e. The molecule has 0 aromatic heterocycles. The second kappa shape index (κ2) is 44.6. The van der Waals surface area contributed by atoms with Gasteiger partial charge in [-0.05, 0) is 161 Å². The molecular formula is C111H165NO36S. The molecule has 3 unspecified atom stereocenters. The van der Waals surface area contributed by atoms with Crippen LogP contribution in [0.4, 0.5) is 0 Å². The van der Waals surface area contributed by atoms with Crippen molar-refractivity contribution in [2.45, 2.75) is 564 Å². The fourth-order valence-corrected chi connectivity index (χ4v) is 31.6. The predicted octanol–water partition coefficient (Wildman–Crippen LogP) is 9.74. The van der Waals surface area contributed by atoms with Crippen LogP contribution in [0.15, 0.2) is 60.8 Å². The molecule has 27 aliphatic rings. The number of methoxy groups -OCH3 is 1. The summed E-state index contributed by atoms with van der Waals surface area (Å²) in [5.74, 6) is -0.852. The van der Waals surface area contributed by atoms with E-state index in [9.17, 15) is 43.2 Å². The van der Waals surface area contributed by atoms with Crippen molar-refractivity contribution in [3.8, 4) is 0 Å². The molecule has 24 bridgehead atoms. The third-order valence-corrected chi connectivity index (χ3v) is 39.1. The molecule has 27 fully saturated rings. The molecule has 836 valence electrons. The molecule has 27 heterocycles. The van der Waals surface area contributed by atoms with E-state index in [0.717, 1.165) is 131 Å². The number of carbonyl (C=O) groups excluding carboxylic acids is 3. The lowest BCUT2D eigenvalue weighted by atomic mass is 9.79. The monoisotopic (exact) mass is 2120 g/mol. The van der Waals surface area contributed by atoms with Gasteiger partial charge in [-0.1, -0.05) is 80.4 Å². The van der Waals surface area contributed by atoms with Crippen LogP contribution in [0.5, 0.6) is 0 Å². The first-order chi connectivity index (χ1) is 71.6. The lowest BCUT2D eigenvalue weighted by Gasteiger charge is -2.50. The summed E-state index contributed by atoms with van der Waals surface area (Å²) in [7, 11) is -1.95. The molecule has 0 aliphatic carbocycles. The number of unbranched alkanes of at least 4 members (excludes halogenated alkanes) is 1. The number of fused-ring (bicyclic) bond motifs is 16. The molecular weight excluding hydrogens is 1960 g/mol. The topological polar surface area (TPSA) is 453 Å². The van der Waals surface area contributed by atoms with E-state index in [-0.39, 0.29) is 220 Å². The lowest BCUT2D eigenvalue weighted by Crippen LogP contribution is -2.62. The average molecular weight is 2120 g/mol. The summed E-state index contributed by atoms with van der Waals surface area (Å²) >= 11 is 0. The van der Waals surface area contributed by atoms with Gasteiger partial charge in [0.15, 0.2) is 29.3 Å². The number of aldehydes is 1. The Hall–Kier alpha value is -3.94. The van der Waals surface area contributed by atoms with Gasteiger partial charge in [0, 0.05) is 116 Å². The summed E-state index contributed by atoms with van der Waals surface area (Å²) in [6.45, 7) is 32.4. The molecule has 27 rings (SSSR count). The first-order valence-corrected chi connectivity index (χ1v) is 58.7. The van der Waals surface area contributed by atoms with Gasteiger partial charge in [-0.15, -0.1) is 0 Å². The highest BCUT2D eigenvalue weighted by Crippen LogP contribution is 2.61. The largest absolute Gasteiger partial charge is 0.459 e. The molecule has 149 heavy (non-hydrogen) atoms. The van der Waals surface area contributed by atoms with Gasteiger partial charge in [0.2, 0.25) is 0 Å². The first-order valence-electron chi connectivity index (χ1n) is 56.7. The second-order valence-electron chi connectivity index (χ2n) is 48.8. The van der Waals surface area contributed by atoms with Crippen LogP contribution in [0.1, 0.15) is 272 Å². The molecule has 0 aromatic rings. The van der Waals surface area contributed by atoms with E-state index in [1.807, 2.05) is 0 Å². The van der Waals surface area contributed by atoms with Gasteiger partial charge in [-0.3, -0.25) is 9.59 Å². The van der Waals surface area contributed by atoms with Crippen molar-refractivity contribution >= 4 is 28.1 Å². The van der Waals surface area contributed by atoms with Gasteiger partial charge in [-0.25, -0.2) is 14.3 Å². The lowest BCUT2D eigenvalue weighted by molar-refractivity contribution is -0.339. The highest BCUT2D eigenvalue weighted by molar-refractivity contribution is 7.90. The first kappa shape index (κ1) is 109. The Bertz CT molecular complexity index is 4880. The number of hydrogen-bond donors (Lipinski definition) is 6. The molecule has 0 amide bonds. The number of hydrogen-bond acceptors (Lipinski definition) is 37. The van der Waals surface area contributed by atoms with Crippen LogP contribution in [0, 0.1) is 23.7 Å². The number of sulfone groups is 1. The van der Waals surface area contributed by atoms with E-state index in [1.165, 1.54) is 25.5 Å². The quantitative estimate of drug-likeness (QED) is 0.0384. The molecule has 37 nitrogen and oxygen atoms in total. The minimum atomic E-state index is -3.46. The Morgan fingerprint density at radius 1 is 0.423 bits per heavy atom. The van der Waals surface area contributed by atoms with Gasteiger partial charge in [0.05, 0.1) is 208 Å². The van der Waals surface area contributed by atoms with Crippen LogP contribution in [0.2, 0.25) is 0 Å². The average Bonchev–Trinajstić information content (AvgIpc) is 1.55. The van der Waals surface area contributed by atoms with Crippen molar-refractivity contribution in [1.29, 1.82) is 0 Å². The van der Waals surface area contributed by atoms with Gasteiger partial charge in [0.1, 0.15) is 95.5 Å². The summed E-state index contributed by atoms with van der Waals surface area (Å²) in [6, 6.07) is 0. The summed E-state index contributed by atoms with van der Waals surface area (Å²) in [4.78, 5) is 38.7. The number of rotatable bonds is 15. The van der Waals surface area contributed by atoms with Crippen LogP contribution < -0.4 is 5.90 Å². The van der Waals surface area contributed by atoms with E-state index in [0.29, 0.717) is 109 Å². The van der Waals surface area contributed by atoms with E-state index in [2.05, 4.69) is 73.4 Å². The predicted molar refractivity (Wildman–Crippen MR) is 526 cm³/mol. The van der Waals surface area contributed by atoms with Crippen LogP contribution in [0.3, 0.4) is 0 Å². The van der Waals surface area contributed by atoms with Crippen molar-refractivity contribution in [3.05, 3.63) is 60.8 Å². The second-order valence-corrected chi connectivity index (χ2v) is 51.0. The molecule has 4 spiro atoms. The van der Waals surface area contributed by atoms with Gasteiger partial charge >= 0.3 is 11.9 Å². The Labute approximate surface area is 875 Å². The number of carbonyl (C=O) groups is 3. The molecule has 27 aliphatic heterocycles. The molecule has 27 saturated heterocycles. The maximum atomic E-state index is 14.6. The Morgan fingerprint density at radius 3 is 1.49 bits per heavy atom. The fourth-order valence-electron chi connectivity index (χ4n) is 30.8. The van der Waals surface area contributed by atoms with Crippen LogP contribution in [0.25, 0.3) is 0 Å². The third-order valence-electron chi connectivity index (χ3n) is 38.1. The van der Waals surface area contributed by atoms with Crippen molar-refractivity contribution in [1.82, 2.24) is 0 Å². The number of esters is 2. The summed E-state index contributed by atoms with van der Waals surface area (Å²) < 4.78 is 199. The Morgan fingerprint density at radius 2 is 0.913 bits per heavy atom. The van der Waals surface area contributed by atoms with Gasteiger partial charge in [0.25, 0.3) is 0 Å². The number of nitrogens with two attached hydrogens (primary N) is 1. The van der Waals surface area contributed by atoms with Gasteiger partial charge < -0.3 is 154 Å². The molecule has 38 heteroatoms. The molecule has 7 N–H and O–H groups in total. The Balaban J connectivity index is 0.000000153. The zero-order valence-corrected chi connectivity index (χ0v) is 88.6. The van der Waals surface area contributed by atoms with Crippen LogP contribution in [-0.4, -0.2) is 370 Å². The summed E-state index contributed by atoms with van der Waals surface area (Å²) in [5, 5.41) is 47.4. The van der Waals surface area contributed by atoms with E-state index < -0.39 is 149 Å². The molecule has 52 atom stereocenters. The van der Waals surface area contributed by atoms with Crippen LogP contribution in [-0.2, 0) is 147 Å². The highest BCUT2D eigenvalue weighted by atomic mass is 32.2. The smallest absolute Gasteiger partial charge is 0.308 e. The maximum Gasteiger partial charge on any atom is 0.308 e. The van der Waals surface area contributed by atoms with Crippen molar-refractivity contribution < 1.29 is 172 Å². The minimum absolute atomic E-state index is 0.00533. The standard InChI is InChI=1S/C59H84O19.C40H58O14S.C12H20O2.H3NO/c1-26-14-32-6-8-36-27(2)15-34(64-36)10-12-58-23-46-53(77-58)54-55(71-46)56(78-58)52-38(69-54)9-7-33(66-52)17-48(63)72-51-30(5)50-44(68-43(51)18-39(65-32)29(26)4)20-42-45(70-50)22-59(74-42)24-47-49(76-59)28(3)21-57(75-47)13-11-37-41(73-57)19-40(67-37)35(62)16-31(61)25-60;1-19-12-23-6-8-26-20(2)13-25(46-26)10-11-40-17-31-36(53-40)37-38(51-31)39(54-40)34-27(50-37)9-7-24(48-34)15-32(42)52-35-30(16-28(47-23)21(19)3)49-29(33(35)45-4)14-22(41)18-55(5,43)44;1-3-4-6-11-9-10(2)12(14-11)7-5-8-13;1-2/h26,28,30-47,49-56,60-62H,2,4,6-25H2,1,3,5H3;19,22-31,33-39,41H,2-3,6-18H2,1,4-5H3;8,11-12H,2-7,9H2,1H3;2H,1H2/t26-,28+,30+,31-,32+,33-,34+,35+,36+,37+,38+,39-,40+,41+,42-,43+,44+,45-,46-,47+,49+,50+,51-,52+,53+,54+,55?,56+,57-,58+,59+;19-,22+,23+,24-,25+,26+,27+,28-,29?,30+,31-,33+,34+,35+,36+,37+,38?,39+,40+;11-,12-;/m110./s1. The third kappa shape index (κ3) is 22.4. The van der Waals surface area contributed by atoms with Crippen molar-refractivity contribution in [2.24, 2.45) is 29.6 Å². The van der Waals surface area contributed by atoms with E-state index in [1.54, 1.807) is 0 Å². The molecule has 0 radical (unpaired) electrons.